The highest BCUT2D eigenvalue weighted by Crippen LogP contribution is 2.39. The van der Waals surface area contributed by atoms with Crippen molar-refractivity contribution < 1.29 is 30.8 Å². The largest absolute Gasteiger partial charge is 0.433 e. The fourth-order valence-corrected chi connectivity index (χ4v) is 5.14. The topological polar surface area (TPSA) is 88.2 Å². The van der Waals surface area contributed by atoms with Crippen LogP contribution in [-0.4, -0.2) is 25.6 Å². The van der Waals surface area contributed by atoms with Gasteiger partial charge in [0, 0.05) is 18.2 Å². The Balaban J connectivity index is 1.75. The zero-order valence-corrected chi connectivity index (χ0v) is 21.3. The maximum Gasteiger partial charge on any atom is 0.433 e. The first-order chi connectivity index (χ1) is 16.8. The van der Waals surface area contributed by atoms with Crippen LogP contribution in [-0.2, 0) is 27.5 Å². The molecule has 0 aliphatic heterocycles. The molecule has 2 N–H and O–H groups in total. The number of anilines is 1. The lowest BCUT2D eigenvalue weighted by Crippen LogP contribution is -2.29. The van der Waals surface area contributed by atoms with Crippen LogP contribution in [0.25, 0.3) is 0 Å². The third-order valence-electron chi connectivity index (χ3n) is 6.75. The average Bonchev–Trinajstić information content (AvgIpc) is 2.82. The van der Waals surface area contributed by atoms with Crippen molar-refractivity contribution >= 4 is 21.6 Å². The lowest BCUT2D eigenvalue weighted by Gasteiger charge is -2.29. The minimum atomic E-state index is -4.56. The smallest absolute Gasteiger partial charge is 0.351 e. The zero-order chi connectivity index (χ0) is 26.7. The molecule has 0 radical (unpaired) electrons. The molecular weight excluding hydrogens is 498 g/mol. The molecule has 1 fully saturated rings. The van der Waals surface area contributed by atoms with Gasteiger partial charge in [-0.2, -0.15) is 13.2 Å². The number of carbonyl (C=O) groups excluding carboxylic acids is 1. The molecule has 11 heteroatoms. The molecule has 1 aromatic heterocycles. The van der Waals surface area contributed by atoms with E-state index in [2.05, 4.69) is 21.9 Å². The maximum absolute atomic E-state index is 14.3. The summed E-state index contributed by atoms with van der Waals surface area (Å²) < 4.78 is 79.1. The van der Waals surface area contributed by atoms with Gasteiger partial charge >= 0.3 is 6.18 Å². The van der Waals surface area contributed by atoms with Gasteiger partial charge in [-0.25, -0.2) is 17.8 Å². The van der Waals surface area contributed by atoms with E-state index in [-0.39, 0.29) is 18.2 Å². The number of pyridine rings is 1. The number of hydrogen-bond acceptors (Lipinski definition) is 4. The number of alkyl halides is 3. The second kappa shape index (κ2) is 11.1. The van der Waals surface area contributed by atoms with Crippen LogP contribution >= 0.6 is 0 Å². The number of sulfonamides is 1. The molecule has 3 rings (SSSR count). The summed E-state index contributed by atoms with van der Waals surface area (Å²) in [5, 5.41) is 2.73. The van der Waals surface area contributed by atoms with E-state index >= 15 is 0 Å². The van der Waals surface area contributed by atoms with Gasteiger partial charge in [-0.1, -0.05) is 25.5 Å². The molecule has 1 heterocycles. The van der Waals surface area contributed by atoms with Crippen molar-refractivity contribution in [2.45, 2.75) is 70.5 Å². The quantitative estimate of drug-likeness (QED) is 0.429. The van der Waals surface area contributed by atoms with Gasteiger partial charge in [0.25, 0.3) is 0 Å². The normalized spacial score (nSPS) is 19.5. The Morgan fingerprint density at radius 3 is 2.36 bits per heavy atom. The number of amides is 1. The predicted molar refractivity (Wildman–Crippen MR) is 129 cm³/mol. The van der Waals surface area contributed by atoms with Crippen molar-refractivity contribution in [2.75, 3.05) is 11.0 Å². The van der Waals surface area contributed by atoms with E-state index in [0.29, 0.717) is 22.7 Å². The Morgan fingerprint density at radius 1 is 1.14 bits per heavy atom. The summed E-state index contributed by atoms with van der Waals surface area (Å²) in [6.45, 7) is 3.66. The number of rotatable bonds is 8. The highest BCUT2D eigenvalue weighted by atomic mass is 32.2. The lowest BCUT2D eigenvalue weighted by molar-refractivity contribution is -0.141. The Hall–Kier alpha value is -2.69. The Morgan fingerprint density at radius 2 is 1.81 bits per heavy atom. The van der Waals surface area contributed by atoms with Crippen LogP contribution < -0.4 is 10.0 Å². The van der Waals surface area contributed by atoms with Gasteiger partial charge in [-0.15, -0.1) is 0 Å². The van der Waals surface area contributed by atoms with E-state index in [1.807, 2.05) is 0 Å². The molecule has 6 nitrogen and oxygen atoms in total. The molecule has 1 aliphatic carbocycles. The summed E-state index contributed by atoms with van der Waals surface area (Å²) in [6.07, 6.45) is 0.726. The standard InChI is InChI=1S/C25H31F4N3O3S/c1-4-16-5-7-17(8-6-16)23-19(10-12-22(31-23)25(27,28)29)14-30-24(33)15(2)18-9-11-21(20(26)13-18)32-36(3,34)35/h9-13,15-17,32H,4-8,14H2,1-3H3,(H,30,33)/t15-,16?,17?/m0/s1. The van der Waals surface area contributed by atoms with E-state index < -0.39 is 39.5 Å². The van der Waals surface area contributed by atoms with Crippen LogP contribution in [0.4, 0.5) is 23.2 Å². The maximum atomic E-state index is 14.3. The lowest BCUT2D eigenvalue weighted by atomic mass is 9.78. The van der Waals surface area contributed by atoms with Crippen LogP contribution in [0.3, 0.4) is 0 Å². The number of aromatic nitrogens is 1. The molecule has 1 amide bonds. The number of hydrogen-bond donors (Lipinski definition) is 2. The molecule has 0 unspecified atom stereocenters. The van der Waals surface area contributed by atoms with E-state index in [1.165, 1.54) is 18.2 Å². The second-order valence-corrected chi connectivity index (χ2v) is 11.2. The average molecular weight is 530 g/mol. The zero-order valence-electron chi connectivity index (χ0n) is 20.5. The van der Waals surface area contributed by atoms with Gasteiger partial charge in [0.05, 0.1) is 17.9 Å². The van der Waals surface area contributed by atoms with Crippen molar-refractivity contribution in [3.8, 4) is 0 Å². The summed E-state index contributed by atoms with van der Waals surface area (Å²) in [5.41, 5.74) is 0.0496. The van der Waals surface area contributed by atoms with E-state index in [1.54, 1.807) is 6.92 Å². The van der Waals surface area contributed by atoms with Crippen molar-refractivity contribution in [3.05, 3.63) is 58.7 Å². The summed E-state index contributed by atoms with van der Waals surface area (Å²) in [5.74, 6) is -1.59. The molecule has 36 heavy (non-hydrogen) atoms. The highest BCUT2D eigenvalue weighted by Gasteiger charge is 2.34. The molecular formula is C25H31F4N3O3S. The third-order valence-corrected chi connectivity index (χ3v) is 7.34. The van der Waals surface area contributed by atoms with Gasteiger partial charge in [0.2, 0.25) is 15.9 Å². The van der Waals surface area contributed by atoms with Crippen LogP contribution in [0.2, 0.25) is 0 Å². The first kappa shape index (κ1) is 27.9. The monoisotopic (exact) mass is 529 g/mol. The van der Waals surface area contributed by atoms with Crippen molar-refractivity contribution in [2.24, 2.45) is 5.92 Å². The molecule has 1 aliphatic rings. The van der Waals surface area contributed by atoms with Crippen LogP contribution in [0.1, 0.15) is 80.3 Å². The fraction of sp³-hybridized carbons (Fsp3) is 0.520. The fourth-order valence-electron chi connectivity index (χ4n) is 4.58. The first-order valence-electron chi connectivity index (χ1n) is 11.9. The number of carbonyl (C=O) groups is 1. The summed E-state index contributed by atoms with van der Waals surface area (Å²) >= 11 is 0. The molecule has 1 atom stereocenters. The molecule has 0 bridgehead atoms. The summed E-state index contributed by atoms with van der Waals surface area (Å²) in [4.78, 5) is 16.8. The van der Waals surface area contributed by atoms with Crippen LogP contribution in [0, 0.1) is 11.7 Å². The SMILES string of the molecule is CCC1CCC(c2nc(C(F)(F)F)ccc2CNC(=O)[C@@H](C)c2ccc(NS(C)(=O)=O)c(F)c2)CC1. The molecule has 198 valence electrons. The minimum Gasteiger partial charge on any atom is -0.351 e. The second-order valence-electron chi connectivity index (χ2n) is 9.42. The van der Waals surface area contributed by atoms with Crippen molar-refractivity contribution in [3.63, 3.8) is 0 Å². The van der Waals surface area contributed by atoms with E-state index in [4.69, 9.17) is 0 Å². The Kier molecular flexibility index (Phi) is 8.63. The van der Waals surface area contributed by atoms with E-state index in [9.17, 15) is 30.8 Å². The van der Waals surface area contributed by atoms with Gasteiger partial charge < -0.3 is 5.32 Å². The number of benzene rings is 1. The molecule has 0 spiro atoms. The highest BCUT2D eigenvalue weighted by molar-refractivity contribution is 7.92. The molecule has 1 saturated carbocycles. The van der Waals surface area contributed by atoms with Crippen LogP contribution in [0.15, 0.2) is 30.3 Å². The Labute approximate surface area is 208 Å². The summed E-state index contributed by atoms with van der Waals surface area (Å²) in [7, 11) is -3.66. The van der Waals surface area contributed by atoms with Gasteiger partial charge in [-0.05, 0) is 67.9 Å². The molecule has 1 aromatic carbocycles. The number of halogens is 4. The Bertz CT molecular complexity index is 1190. The molecule has 0 saturated heterocycles. The number of nitrogens with one attached hydrogen (secondary N) is 2. The predicted octanol–water partition coefficient (Wildman–Crippen LogP) is 5.71. The van der Waals surface area contributed by atoms with Crippen molar-refractivity contribution in [1.29, 1.82) is 0 Å². The van der Waals surface area contributed by atoms with Gasteiger partial charge in [0.15, 0.2) is 0 Å². The summed E-state index contributed by atoms with van der Waals surface area (Å²) in [6, 6.07) is 6.05. The third kappa shape index (κ3) is 7.18. The molecule has 2 aromatic rings. The first-order valence-corrected chi connectivity index (χ1v) is 13.8. The van der Waals surface area contributed by atoms with E-state index in [0.717, 1.165) is 50.5 Å². The van der Waals surface area contributed by atoms with Crippen LogP contribution in [0.5, 0.6) is 0 Å². The number of nitrogens with zero attached hydrogens (tertiary/aromatic N) is 1. The van der Waals surface area contributed by atoms with Crippen molar-refractivity contribution in [1.82, 2.24) is 10.3 Å². The van der Waals surface area contributed by atoms with Gasteiger partial charge in [-0.3, -0.25) is 9.52 Å². The minimum absolute atomic E-state index is 0.00640. The van der Waals surface area contributed by atoms with Gasteiger partial charge in [0.1, 0.15) is 11.5 Å².